The van der Waals surface area contributed by atoms with Crippen molar-refractivity contribution < 1.29 is 9.21 Å². The molecule has 4 aromatic rings. The summed E-state index contributed by atoms with van der Waals surface area (Å²) in [6, 6.07) is 23.0. The Labute approximate surface area is 180 Å². The maximum atomic E-state index is 13.6. The molecule has 154 valence electrons. The number of nitrogens with zero attached hydrogens (tertiary/aromatic N) is 1. The van der Waals surface area contributed by atoms with Crippen molar-refractivity contribution in [3.8, 4) is 0 Å². The molecule has 3 aromatic carbocycles. The van der Waals surface area contributed by atoms with Crippen molar-refractivity contribution in [3.63, 3.8) is 0 Å². The van der Waals surface area contributed by atoms with Gasteiger partial charge >= 0.3 is 0 Å². The molecule has 0 N–H and O–H groups in total. The summed E-state index contributed by atoms with van der Waals surface area (Å²) in [4.78, 5) is 28.8. The van der Waals surface area contributed by atoms with Gasteiger partial charge in [0.25, 0.3) is 5.91 Å². The van der Waals surface area contributed by atoms with Gasteiger partial charge in [0.2, 0.25) is 5.76 Å². The number of carbonyl (C=O) groups excluding carboxylic acids is 1. The lowest BCUT2D eigenvalue weighted by molar-refractivity contribution is 0.0714. The van der Waals surface area contributed by atoms with Crippen LogP contribution < -0.4 is 5.43 Å². The number of aryl methyl sites for hydroxylation is 2. The molecule has 0 bridgehead atoms. The summed E-state index contributed by atoms with van der Waals surface area (Å²) in [5.74, 6) is -0.0927. The van der Waals surface area contributed by atoms with Crippen molar-refractivity contribution >= 4 is 16.9 Å². The Hall–Kier alpha value is -3.66. The lowest BCUT2D eigenvalue weighted by Gasteiger charge is -2.25. The molecular weight excluding hydrogens is 386 g/mol. The third-order valence-electron chi connectivity index (χ3n) is 6.02. The Morgan fingerprint density at radius 1 is 0.903 bits per heavy atom. The minimum atomic E-state index is -0.477. The predicted octanol–water partition coefficient (Wildman–Crippen LogP) is 5.41. The third-order valence-corrected chi connectivity index (χ3v) is 6.02. The zero-order chi connectivity index (χ0) is 21.5. The molecule has 31 heavy (non-hydrogen) atoms. The molecule has 0 saturated carbocycles. The van der Waals surface area contributed by atoms with Gasteiger partial charge in [0.05, 0.1) is 17.0 Å². The van der Waals surface area contributed by atoms with Crippen molar-refractivity contribution in [1.82, 2.24) is 4.90 Å². The molecule has 1 aromatic heterocycles. The summed E-state index contributed by atoms with van der Waals surface area (Å²) in [6.07, 6.45) is 0.931. The highest BCUT2D eigenvalue weighted by Crippen LogP contribution is 2.39. The van der Waals surface area contributed by atoms with Crippen molar-refractivity contribution in [2.24, 2.45) is 0 Å². The van der Waals surface area contributed by atoms with Gasteiger partial charge in [0.1, 0.15) is 5.58 Å². The highest BCUT2D eigenvalue weighted by Gasteiger charge is 2.42. The van der Waals surface area contributed by atoms with Gasteiger partial charge in [-0.1, -0.05) is 73.2 Å². The van der Waals surface area contributed by atoms with Crippen LogP contribution in [0.3, 0.4) is 0 Å². The normalized spacial score (nSPS) is 15.5. The van der Waals surface area contributed by atoms with Crippen molar-refractivity contribution in [3.05, 3.63) is 117 Å². The smallest absolute Gasteiger partial charge is 0.291 e. The van der Waals surface area contributed by atoms with Gasteiger partial charge in [0, 0.05) is 6.54 Å². The molecule has 5 rings (SSSR count). The number of amides is 1. The van der Waals surface area contributed by atoms with Crippen LogP contribution in [0.1, 0.15) is 51.3 Å². The first-order valence-corrected chi connectivity index (χ1v) is 10.6. The van der Waals surface area contributed by atoms with Crippen molar-refractivity contribution in [2.45, 2.75) is 32.9 Å². The zero-order valence-corrected chi connectivity index (χ0v) is 17.6. The van der Waals surface area contributed by atoms with Crippen LogP contribution in [0, 0.1) is 6.92 Å². The summed E-state index contributed by atoms with van der Waals surface area (Å²) in [6.45, 7) is 4.45. The maximum absolute atomic E-state index is 13.6. The van der Waals surface area contributed by atoms with Crippen LogP contribution in [0.2, 0.25) is 0 Å². The van der Waals surface area contributed by atoms with E-state index in [9.17, 15) is 9.59 Å². The minimum Gasteiger partial charge on any atom is -0.450 e. The van der Waals surface area contributed by atoms with Gasteiger partial charge < -0.3 is 9.32 Å². The van der Waals surface area contributed by atoms with Crippen molar-refractivity contribution in [2.75, 3.05) is 0 Å². The van der Waals surface area contributed by atoms with E-state index in [1.54, 1.807) is 11.0 Å². The van der Waals surface area contributed by atoms with E-state index in [-0.39, 0.29) is 17.1 Å². The second-order valence-corrected chi connectivity index (χ2v) is 8.09. The predicted molar refractivity (Wildman–Crippen MR) is 121 cm³/mol. The summed E-state index contributed by atoms with van der Waals surface area (Å²) < 4.78 is 6.03. The van der Waals surface area contributed by atoms with Gasteiger partial charge in [-0.15, -0.1) is 0 Å². The lowest BCUT2D eigenvalue weighted by Crippen LogP contribution is -2.29. The maximum Gasteiger partial charge on any atom is 0.291 e. The second-order valence-electron chi connectivity index (χ2n) is 8.09. The quantitative estimate of drug-likeness (QED) is 0.453. The van der Waals surface area contributed by atoms with E-state index in [0.29, 0.717) is 23.1 Å². The Morgan fingerprint density at radius 2 is 1.65 bits per heavy atom. The third kappa shape index (κ3) is 3.25. The Balaban J connectivity index is 1.72. The molecule has 2 heterocycles. The molecule has 1 amide bonds. The van der Waals surface area contributed by atoms with Crippen molar-refractivity contribution in [1.29, 1.82) is 0 Å². The molecule has 4 nitrogen and oxygen atoms in total. The van der Waals surface area contributed by atoms with Crippen LogP contribution in [0.5, 0.6) is 0 Å². The highest BCUT2D eigenvalue weighted by atomic mass is 16.3. The Bertz CT molecular complexity index is 1340. The van der Waals surface area contributed by atoms with Crippen LogP contribution in [-0.2, 0) is 13.0 Å². The van der Waals surface area contributed by atoms with Gasteiger partial charge in [-0.25, -0.2) is 0 Å². The minimum absolute atomic E-state index is 0.131. The first-order valence-electron chi connectivity index (χ1n) is 10.6. The first kappa shape index (κ1) is 19.3. The van der Waals surface area contributed by atoms with Crippen LogP contribution in [0.15, 0.2) is 82.0 Å². The molecule has 1 aliphatic heterocycles. The van der Waals surface area contributed by atoms with Crippen LogP contribution in [0.4, 0.5) is 0 Å². The average molecular weight is 409 g/mol. The molecule has 4 heteroatoms. The van der Waals surface area contributed by atoms with E-state index in [2.05, 4.69) is 19.1 Å². The number of benzene rings is 3. The molecule has 1 atom stereocenters. The van der Waals surface area contributed by atoms with E-state index in [1.807, 2.05) is 61.5 Å². The molecule has 0 unspecified atom stereocenters. The van der Waals surface area contributed by atoms with E-state index in [1.165, 1.54) is 5.56 Å². The summed E-state index contributed by atoms with van der Waals surface area (Å²) in [7, 11) is 0. The Kier molecular flexibility index (Phi) is 4.70. The van der Waals surface area contributed by atoms with Gasteiger partial charge in [-0.3, -0.25) is 9.59 Å². The SMILES string of the molecule is CCc1ccc([C@@H]2c3c(oc4ccc(C)cc4c3=O)C(=O)N2Cc2ccccc2)cc1. The molecule has 0 aliphatic carbocycles. The fourth-order valence-electron chi connectivity index (χ4n) is 4.36. The number of hydrogen-bond donors (Lipinski definition) is 0. The molecular formula is C27H23NO3. The largest absolute Gasteiger partial charge is 0.450 e. The summed E-state index contributed by atoms with van der Waals surface area (Å²) >= 11 is 0. The number of fused-ring (bicyclic) bond motifs is 2. The fourth-order valence-corrected chi connectivity index (χ4v) is 4.36. The van der Waals surface area contributed by atoms with Gasteiger partial charge in [-0.2, -0.15) is 0 Å². The summed E-state index contributed by atoms with van der Waals surface area (Å²) in [5, 5.41) is 0.517. The number of rotatable bonds is 4. The highest BCUT2D eigenvalue weighted by molar-refractivity contribution is 5.99. The van der Waals surface area contributed by atoms with E-state index in [4.69, 9.17) is 4.42 Å². The monoisotopic (exact) mass is 409 g/mol. The molecule has 0 radical (unpaired) electrons. The topological polar surface area (TPSA) is 50.5 Å². The Morgan fingerprint density at radius 3 is 2.35 bits per heavy atom. The lowest BCUT2D eigenvalue weighted by atomic mass is 9.96. The number of hydrogen-bond acceptors (Lipinski definition) is 3. The standard InChI is InChI=1S/C27H23NO3/c1-3-18-10-12-20(13-11-18)24-23-25(29)21-15-17(2)9-14-22(21)31-26(23)27(30)28(24)16-19-7-5-4-6-8-19/h4-15,24H,3,16H2,1-2H3/t24-/m1/s1. The van der Waals surface area contributed by atoms with Gasteiger partial charge in [0.15, 0.2) is 5.43 Å². The fraction of sp³-hybridized carbons (Fsp3) is 0.185. The van der Waals surface area contributed by atoms with Crippen LogP contribution in [0.25, 0.3) is 11.0 Å². The molecule has 0 spiro atoms. The average Bonchev–Trinajstić information content (AvgIpc) is 3.07. The first-order chi connectivity index (χ1) is 15.1. The molecule has 1 aliphatic rings. The zero-order valence-electron chi connectivity index (χ0n) is 17.6. The van der Waals surface area contributed by atoms with E-state index in [0.717, 1.165) is 23.1 Å². The van der Waals surface area contributed by atoms with Crippen LogP contribution in [-0.4, -0.2) is 10.8 Å². The van der Waals surface area contributed by atoms with E-state index < -0.39 is 6.04 Å². The molecule has 0 saturated heterocycles. The number of carbonyl (C=O) groups is 1. The summed E-state index contributed by atoms with van der Waals surface area (Å²) in [5.41, 5.74) is 4.87. The molecule has 0 fully saturated rings. The van der Waals surface area contributed by atoms with Crippen LogP contribution >= 0.6 is 0 Å². The second kappa shape index (κ2) is 7.55. The van der Waals surface area contributed by atoms with E-state index >= 15 is 0 Å². The van der Waals surface area contributed by atoms with Gasteiger partial charge in [-0.05, 0) is 42.2 Å².